The maximum Gasteiger partial charge on any atom is 0.217 e. The van der Waals surface area contributed by atoms with E-state index < -0.39 is 0 Å². The molecule has 2 bridgehead atoms. The van der Waals surface area contributed by atoms with Gasteiger partial charge in [-0.2, -0.15) is 0 Å². The first-order chi connectivity index (χ1) is 6.54. The fourth-order valence-corrected chi connectivity index (χ4v) is 3.40. The fraction of sp³-hybridized carbons (Fsp3) is 0.750. The Morgan fingerprint density at radius 3 is 3.00 bits per heavy atom. The lowest BCUT2D eigenvalue weighted by molar-refractivity contribution is -0.121. The molecule has 14 heavy (non-hydrogen) atoms. The molecule has 2 aliphatic rings. The normalized spacial score (nSPS) is 40.9. The third-order valence-corrected chi connectivity index (χ3v) is 3.85. The van der Waals surface area contributed by atoms with Gasteiger partial charge in [-0.25, -0.2) is 0 Å². The summed E-state index contributed by atoms with van der Waals surface area (Å²) >= 11 is 0. The van der Waals surface area contributed by atoms with Crippen molar-refractivity contribution < 1.29 is 4.79 Å². The standard InChI is InChI=1S/C12H19NO/c1-11-4-2-6-12(9-11,7-3-5-11)8-10(13)14/h2,4H,3,5-9H2,1H3,(H2,13,14). The van der Waals surface area contributed by atoms with E-state index in [2.05, 4.69) is 19.1 Å². The molecule has 2 heteroatoms. The van der Waals surface area contributed by atoms with Crippen LogP contribution in [0.4, 0.5) is 0 Å². The lowest BCUT2D eigenvalue weighted by atomic mass is 9.57. The second kappa shape index (κ2) is 3.11. The van der Waals surface area contributed by atoms with Crippen LogP contribution in [0.15, 0.2) is 12.2 Å². The fourth-order valence-electron chi connectivity index (χ4n) is 3.40. The molecule has 2 atom stereocenters. The second-order valence-corrected chi connectivity index (χ2v) is 5.43. The van der Waals surface area contributed by atoms with E-state index in [-0.39, 0.29) is 11.3 Å². The summed E-state index contributed by atoms with van der Waals surface area (Å²) < 4.78 is 0. The van der Waals surface area contributed by atoms with E-state index in [4.69, 9.17) is 5.73 Å². The Labute approximate surface area is 85.6 Å². The summed E-state index contributed by atoms with van der Waals surface area (Å²) in [7, 11) is 0. The first-order valence-electron chi connectivity index (χ1n) is 5.50. The summed E-state index contributed by atoms with van der Waals surface area (Å²) in [5, 5.41) is 0. The van der Waals surface area contributed by atoms with E-state index >= 15 is 0 Å². The molecular weight excluding hydrogens is 174 g/mol. The van der Waals surface area contributed by atoms with Crippen LogP contribution < -0.4 is 5.73 Å². The van der Waals surface area contributed by atoms with Gasteiger partial charge in [0.05, 0.1) is 0 Å². The summed E-state index contributed by atoms with van der Waals surface area (Å²) in [6.45, 7) is 2.30. The Morgan fingerprint density at radius 1 is 1.50 bits per heavy atom. The van der Waals surface area contributed by atoms with Crippen molar-refractivity contribution in [1.82, 2.24) is 0 Å². The van der Waals surface area contributed by atoms with Gasteiger partial charge in [0.1, 0.15) is 0 Å². The zero-order valence-electron chi connectivity index (χ0n) is 8.88. The number of amides is 1. The smallest absolute Gasteiger partial charge is 0.217 e. The molecule has 0 radical (unpaired) electrons. The van der Waals surface area contributed by atoms with Gasteiger partial charge in [-0.3, -0.25) is 4.79 Å². The molecule has 0 spiro atoms. The third kappa shape index (κ3) is 1.70. The molecule has 2 nitrogen and oxygen atoms in total. The van der Waals surface area contributed by atoms with Gasteiger partial charge in [-0.1, -0.05) is 25.5 Å². The van der Waals surface area contributed by atoms with Crippen LogP contribution in [0.1, 0.15) is 45.4 Å². The maximum absolute atomic E-state index is 11.1. The summed E-state index contributed by atoms with van der Waals surface area (Å²) in [5.74, 6) is -0.135. The molecule has 2 rings (SSSR count). The third-order valence-electron chi connectivity index (χ3n) is 3.85. The number of carbonyl (C=O) groups is 1. The van der Waals surface area contributed by atoms with Crippen molar-refractivity contribution in [2.75, 3.05) is 0 Å². The number of primary amides is 1. The van der Waals surface area contributed by atoms with Crippen molar-refractivity contribution >= 4 is 5.91 Å². The Hall–Kier alpha value is -0.790. The minimum Gasteiger partial charge on any atom is -0.370 e. The van der Waals surface area contributed by atoms with Gasteiger partial charge in [0.25, 0.3) is 0 Å². The molecule has 0 heterocycles. The molecule has 2 N–H and O–H groups in total. The lowest BCUT2D eigenvalue weighted by Gasteiger charge is -2.47. The topological polar surface area (TPSA) is 43.1 Å². The highest BCUT2D eigenvalue weighted by Gasteiger charge is 2.43. The van der Waals surface area contributed by atoms with Gasteiger partial charge < -0.3 is 5.73 Å². The average Bonchev–Trinajstić information content (AvgIpc) is 1.99. The molecule has 1 saturated carbocycles. The zero-order chi connectivity index (χ0) is 10.2. The molecule has 2 aliphatic carbocycles. The van der Waals surface area contributed by atoms with Crippen LogP contribution in [0.2, 0.25) is 0 Å². The van der Waals surface area contributed by atoms with Gasteiger partial charge in [0, 0.05) is 6.42 Å². The van der Waals surface area contributed by atoms with Crippen LogP contribution in [-0.4, -0.2) is 5.91 Å². The van der Waals surface area contributed by atoms with Crippen LogP contribution in [0.25, 0.3) is 0 Å². The highest BCUT2D eigenvalue weighted by molar-refractivity contribution is 5.74. The molecule has 0 aromatic carbocycles. The summed E-state index contributed by atoms with van der Waals surface area (Å²) in [6.07, 6.45) is 11.1. The first kappa shape index (κ1) is 9.75. The number of carbonyl (C=O) groups excluding carboxylic acids is 1. The number of hydrogen-bond acceptors (Lipinski definition) is 1. The predicted octanol–water partition coefficient (Wildman–Crippen LogP) is 2.39. The number of rotatable bonds is 2. The molecule has 0 saturated heterocycles. The van der Waals surface area contributed by atoms with Gasteiger partial charge >= 0.3 is 0 Å². The van der Waals surface area contributed by atoms with Crippen LogP contribution in [-0.2, 0) is 4.79 Å². The highest BCUT2D eigenvalue weighted by atomic mass is 16.1. The number of allylic oxidation sites excluding steroid dienone is 2. The molecular formula is C12H19NO. The van der Waals surface area contributed by atoms with E-state index in [0.717, 1.165) is 12.8 Å². The molecule has 0 aromatic rings. The molecule has 78 valence electrons. The SMILES string of the molecule is CC12C=CCC(CC(N)=O)(CCC1)C2. The second-order valence-electron chi connectivity index (χ2n) is 5.43. The lowest BCUT2D eigenvalue weighted by Crippen LogP contribution is -2.39. The predicted molar refractivity (Wildman–Crippen MR) is 56.6 cm³/mol. The van der Waals surface area contributed by atoms with Gasteiger partial charge in [0.15, 0.2) is 0 Å². The van der Waals surface area contributed by atoms with E-state index in [9.17, 15) is 4.79 Å². The Morgan fingerprint density at radius 2 is 2.29 bits per heavy atom. The van der Waals surface area contributed by atoms with Crippen molar-refractivity contribution in [2.24, 2.45) is 16.6 Å². The highest BCUT2D eigenvalue weighted by Crippen LogP contribution is 2.53. The van der Waals surface area contributed by atoms with E-state index in [0.29, 0.717) is 11.8 Å². The van der Waals surface area contributed by atoms with Crippen LogP contribution in [0.3, 0.4) is 0 Å². The van der Waals surface area contributed by atoms with Gasteiger partial charge in [-0.05, 0) is 36.5 Å². The number of fused-ring (bicyclic) bond motifs is 2. The maximum atomic E-state index is 11.1. The molecule has 1 fully saturated rings. The molecule has 0 aliphatic heterocycles. The zero-order valence-corrected chi connectivity index (χ0v) is 8.88. The number of nitrogens with two attached hydrogens (primary N) is 1. The Balaban J connectivity index is 2.20. The minimum absolute atomic E-state index is 0.135. The molecule has 2 unspecified atom stereocenters. The summed E-state index contributed by atoms with van der Waals surface area (Å²) in [4.78, 5) is 11.1. The largest absolute Gasteiger partial charge is 0.370 e. The minimum atomic E-state index is -0.135. The van der Waals surface area contributed by atoms with Crippen LogP contribution in [0.5, 0.6) is 0 Å². The van der Waals surface area contributed by atoms with Crippen LogP contribution >= 0.6 is 0 Å². The van der Waals surface area contributed by atoms with Crippen molar-refractivity contribution in [3.8, 4) is 0 Å². The van der Waals surface area contributed by atoms with Crippen molar-refractivity contribution in [3.05, 3.63) is 12.2 Å². The quantitative estimate of drug-likeness (QED) is 0.672. The molecule has 0 aromatic heterocycles. The number of hydrogen-bond donors (Lipinski definition) is 1. The van der Waals surface area contributed by atoms with E-state index in [1.54, 1.807) is 0 Å². The monoisotopic (exact) mass is 193 g/mol. The van der Waals surface area contributed by atoms with Crippen molar-refractivity contribution in [1.29, 1.82) is 0 Å². The van der Waals surface area contributed by atoms with E-state index in [1.807, 2.05) is 0 Å². The Kier molecular flexibility index (Phi) is 2.17. The van der Waals surface area contributed by atoms with Crippen molar-refractivity contribution in [3.63, 3.8) is 0 Å². The van der Waals surface area contributed by atoms with E-state index in [1.165, 1.54) is 19.3 Å². The Bertz CT molecular complexity index is 284. The van der Waals surface area contributed by atoms with Gasteiger partial charge in [-0.15, -0.1) is 0 Å². The summed E-state index contributed by atoms with van der Waals surface area (Å²) in [6, 6.07) is 0. The molecule has 1 amide bonds. The van der Waals surface area contributed by atoms with Crippen LogP contribution in [0, 0.1) is 10.8 Å². The summed E-state index contributed by atoms with van der Waals surface area (Å²) in [5.41, 5.74) is 5.87. The van der Waals surface area contributed by atoms with Crippen molar-refractivity contribution in [2.45, 2.75) is 45.4 Å². The average molecular weight is 193 g/mol. The first-order valence-corrected chi connectivity index (χ1v) is 5.50. The van der Waals surface area contributed by atoms with Gasteiger partial charge in [0.2, 0.25) is 5.91 Å².